The van der Waals surface area contributed by atoms with Crippen molar-refractivity contribution in [1.82, 2.24) is 14.7 Å². The van der Waals surface area contributed by atoms with Crippen molar-refractivity contribution in [1.29, 1.82) is 0 Å². The lowest BCUT2D eigenvalue weighted by Gasteiger charge is -2.11. The Morgan fingerprint density at radius 3 is 2.49 bits per heavy atom. The van der Waals surface area contributed by atoms with Gasteiger partial charge in [0, 0.05) is 23.9 Å². The second-order valence-electron chi connectivity index (χ2n) is 8.48. The summed E-state index contributed by atoms with van der Waals surface area (Å²) < 4.78 is 8.38. The predicted molar refractivity (Wildman–Crippen MR) is 149 cm³/mol. The molecule has 1 fully saturated rings. The number of thioether (sulfide) groups is 1. The van der Waals surface area contributed by atoms with E-state index in [0.29, 0.717) is 15.8 Å². The molecule has 1 saturated heterocycles. The average molecular weight is 506 g/mol. The van der Waals surface area contributed by atoms with Crippen molar-refractivity contribution >= 4 is 40.3 Å². The fraction of sp³-hybridized carbons (Fsp3) is 0.321. The molecule has 1 aliphatic heterocycles. The molecule has 0 radical (unpaired) electrons. The topological polar surface area (TPSA) is 47.4 Å². The van der Waals surface area contributed by atoms with Crippen LogP contribution in [-0.4, -0.2) is 38.1 Å². The van der Waals surface area contributed by atoms with Crippen molar-refractivity contribution in [3.05, 3.63) is 71.3 Å². The molecule has 0 aliphatic carbocycles. The van der Waals surface area contributed by atoms with Crippen LogP contribution in [0.2, 0.25) is 0 Å². The van der Waals surface area contributed by atoms with Crippen molar-refractivity contribution in [2.45, 2.75) is 46.0 Å². The normalized spacial score (nSPS) is 14.8. The van der Waals surface area contributed by atoms with Gasteiger partial charge < -0.3 is 4.74 Å². The van der Waals surface area contributed by atoms with E-state index in [0.717, 1.165) is 47.7 Å². The van der Waals surface area contributed by atoms with E-state index in [2.05, 4.69) is 6.92 Å². The number of nitrogens with zero attached hydrogens (tertiary/aromatic N) is 3. The molecule has 1 amide bonds. The molecular weight excluding hydrogens is 474 g/mol. The molecule has 3 aromatic rings. The highest BCUT2D eigenvalue weighted by Crippen LogP contribution is 2.35. The molecule has 2 heterocycles. The largest absolute Gasteiger partial charge is 0.494 e. The molecule has 0 N–H and O–H groups in total. The Balaban J connectivity index is 1.62. The summed E-state index contributed by atoms with van der Waals surface area (Å²) in [6.45, 7) is 5.62. The van der Waals surface area contributed by atoms with Gasteiger partial charge in [0.25, 0.3) is 5.91 Å². The summed E-state index contributed by atoms with van der Waals surface area (Å²) in [5.41, 5.74) is 3.61. The summed E-state index contributed by atoms with van der Waals surface area (Å²) in [6, 6.07) is 18.0. The molecule has 7 heteroatoms. The van der Waals surface area contributed by atoms with E-state index in [9.17, 15) is 4.79 Å². The van der Waals surface area contributed by atoms with Crippen molar-refractivity contribution < 1.29 is 9.53 Å². The number of carbonyl (C=O) groups is 1. The van der Waals surface area contributed by atoms with Gasteiger partial charge in [-0.1, -0.05) is 75.3 Å². The van der Waals surface area contributed by atoms with E-state index in [-0.39, 0.29) is 5.91 Å². The van der Waals surface area contributed by atoms with E-state index in [1.54, 1.807) is 4.90 Å². The van der Waals surface area contributed by atoms with Crippen molar-refractivity contribution in [2.75, 3.05) is 13.2 Å². The molecule has 182 valence electrons. The number of rotatable bonds is 11. The first kappa shape index (κ1) is 25.2. The third kappa shape index (κ3) is 6.21. The van der Waals surface area contributed by atoms with Crippen LogP contribution in [0.4, 0.5) is 0 Å². The Morgan fingerprint density at radius 2 is 1.77 bits per heavy atom. The minimum Gasteiger partial charge on any atom is -0.494 e. The van der Waals surface area contributed by atoms with E-state index >= 15 is 0 Å². The molecule has 1 aromatic heterocycles. The van der Waals surface area contributed by atoms with Crippen molar-refractivity contribution in [2.24, 2.45) is 0 Å². The Bertz CT molecular complexity index is 1190. The first-order valence-corrected chi connectivity index (χ1v) is 13.5. The second-order valence-corrected chi connectivity index (χ2v) is 10.2. The highest BCUT2D eigenvalue weighted by atomic mass is 32.2. The molecule has 0 bridgehead atoms. The molecule has 35 heavy (non-hydrogen) atoms. The molecule has 1 aliphatic rings. The number of hydrogen-bond donors (Lipinski definition) is 0. The summed E-state index contributed by atoms with van der Waals surface area (Å²) >= 11 is 6.80. The standard InChI is InChI=1S/C28H31N3O2S2/c1-3-5-6-10-18-33-24-15-13-21(14-16-24)26-22(20-31(29-26)23-11-8-7-9-12-23)19-25-27(32)30(17-4-2)28(34)35-25/h7-9,11-16,19-20H,3-6,10,17-18H2,1-2H3. The van der Waals surface area contributed by atoms with Gasteiger partial charge in [-0.15, -0.1) is 0 Å². The molecule has 5 nitrogen and oxygen atoms in total. The van der Waals surface area contributed by atoms with Gasteiger partial charge in [-0.25, -0.2) is 4.68 Å². The number of unbranched alkanes of at least 4 members (excludes halogenated alkanes) is 3. The maximum absolute atomic E-state index is 13.0. The Morgan fingerprint density at radius 1 is 1.00 bits per heavy atom. The smallest absolute Gasteiger partial charge is 0.266 e. The zero-order valence-corrected chi connectivity index (χ0v) is 21.9. The molecule has 4 rings (SSSR count). The van der Waals surface area contributed by atoms with Crippen LogP contribution in [0.5, 0.6) is 5.75 Å². The van der Waals surface area contributed by atoms with Gasteiger partial charge in [-0.2, -0.15) is 5.10 Å². The minimum absolute atomic E-state index is 0.0351. The van der Waals surface area contributed by atoms with Gasteiger partial charge in [0.1, 0.15) is 10.1 Å². The first-order chi connectivity index (χ1) is 17.1. The maximum atomic E-state index is 13.0. The fourth-order valence-electron chi connectivity index (χ4n) is 3.92. The maximum Gasteiger partial charge on any atom is 0.266 e. The lowest BCUT2D eigenvalue weighted by molar-refractivity contribution is -0.122. The van der Waals surface area contributed by atoms with Crippen LogP contribution >= 0.6 is 24.0 Å². The van der Waals surface area contributed by atoms with Crippen LogP contribution in [0.1, 0.15) is 51.5 Å². The SMILES string of the molecule is CCCCCCOc1ccc(-c2nn(-c3ccccc3)cc2C=C2SC(=S)N(CCC)C2=O)cc1. The summed E-state index contributed by atoms with van der Waals surface area (Å²) in [5, 5.41) is 4.88. The number of amides is 1. The third-order valence-electron chi connectivity index (χ3n) is 5.77. The van der Waals surface area contributed by atoms with Gasteiger partial charge in [0.15, 0.2) is 0 Å². The summed E-state index contributed by atoms with van der Waals surface area (Å²) in [6.07, 6.45) is 9.46. The number of aromatic nitrogens is 2. The van der Waals surface area contributed by atoms with Gasteiger partial charge >= 0.3 is 0 Å². The molecule has 2 aromatic carbocycles. The summed E-state index contributed by atoms with van der Waals surface area (Å²) in [7, 11) is 0. The molecule has 0 saturated carbocycles. The molecular formula is C28H31N3O2S2. The first-order valence-electron chi connectivity index (χ1n) is 12.2. The lowest BCUT2D eigenvalue weighted by Crippen LogP contribution is -2.28. The Labute approximate surface area is 217 Å². The van der Waals surface area contributed by atoms with Crippen LogP contribution in [-0.2, 0) is 4.79 Å². The number of carbonyl (C=O) groups excluding carboxylic acids is 1. The number of benzene rings is 2. The second kappa shape index (κ2) is 12.2. The van der Waals surface area contributed by atoms with Gasteiger partial charge in [-0.3, -0.25) is 9.69 Å². The van der Waals surface area contributed by atoms with Crippen LogP contribution in [0.25, 0.3) is 23.0 Å². The Kier molecular flexibility index (Phi) is 8.77. The van der Waals surface area contributed by atoms with Crippen LogP contribution in [0.15, 0.2) is 65.7 Å². The quantitative estimate of drug-likeness (QED) is 0.158. The van der Waals surface area contributed by atoms with Gasteiger partial charge in [-0.05, 0) is 55.3 Å². The van der Waals surface area contributed by atoms with Gasteiger partial charge in [0.05, 0.1) is 22.9 Å². The van der Waals surface area contributed by atoms with E-state index in [4.69, 9.17) is 22.1 Å². The lowest BCUT2D eigenvalue weighted by atomic mass is 10.1. The van der Waals surface area contributed by atoms with Crippen LogP contribution in [0, 0.1) is 0 Å². The zero-order chi connectivity index (χ0) is 24.6. The third-order valence-corrected chi connectivity index (χ3v) is 7.14. The summed E-state index contributed by atoms with van der Waals surface area (Å²) in [4.78, 5) is 15.3. The Hall–Kier alpha value is -2.90. The fourth-order valence-corrected chi connectivity index (χ4v) is 5.22. The van der Waals surface area contributed by atoms with Gasteiger partial charge in [0.2, 0.25) is 0 Å². The summed E-state index contributed by atoms with van der Waals surface area (Å²) in [5.74, 6) is 0.821. The highest BCUT2D eigenvalue weighted by molar-refractivity contribution is 8.26. The number of ether oxygens (including phenoxy) is 1. The molecule has 0 spiro atoms. The van der Waals surface area contributed by atoms with E-state index < -0.39 is 0 Å². The van der Waals surface area contributed by atoms with E-state index in [1.807, 2.05) is 78.5 Å². The van der Waals surface area contributed by atoms with Crippen molar-refractivity contribution in [3.63, 3.8) is 0 Å². The van der Waals surface area contributed by atoms with Crippen LogP contribution < -0.4 is 4.74 Å². The number of hydrogen-bond acceptors (Lipinski definition) is 5. The van der Waals surface area contributed by atoms with Crippen LogP contribution in [0.3, 0.4) is 0 Å². The monoisotopic (exact) mass is 505 g/mol. The molecule has 0 unspecified atom stereocenters. The predicted octanol–water partition coefficient (Wildman–Crippen LogP) is 7.11. The van der Waals surface area contributed by atoms with E-state index in [1.165, 1.54) is 31.0 Å². The highest BCUT2D eigenvalue weighted by Gasteiger charge is 2.31. The molecule has 0 atom stereocenters. The number of thiocarbonyl (C=S) groups is 1. The number of para-hydroxylation sites is 1. The minimum atomic E-state index is -0.0351. The average Bonchev–Trinajstić information content (AvgIpc) is 3.41. The van der Waals surface area contributed by atoms with Crippen molar-refractivity contribution in [3.8, 4) is 22.7 Å². The zero-order valence-electron chi connectivity index (χ0n) is 20.3.